The zero-order valence-electron chi connectivity index (χ0n) is 11.9. The SMILES string of the molecule is CC(C)(C)NC(=O)OC1(c2ccc(Cl)cc2)CC(F)C1. The molecule has 1 aliphatic carbocycles. The summed E-state index contributed by atoms with van der Waals surface area (Å²) in [7, 11) is 0. The molecule has 1 amide bonds. The van der Waals surface area contributed by atoms with Crippen molar-refractivity contribution in [2.24, 2.45) is 0 Å². The topological polar surface area (TPSA) is 38.3 Å². The molecule has 1 aromatic carbocycles. The van der Waals surface area contributed by atoms with Crippen LogP contribution >= 0.6 is 11.6 Å². The smallest absolute Gasteiger partial charge is 0.408 e. The van der Waals surface area contributed by atoms with Crippen molar-refractivity contribution in [3.63, 3.8) is 0 Å². The first-order valence-electron chi connectivity index (χ1n) is 6.61. The van der Waals surface area contributed by atoms with E-state index in [2.05, 4.69) is 5.32 Å². The van der Waals surface area contributed by atoms with Gasteiger partial charge in [0.25, 0.3) is 0 Å². The molecular formula is C15H19ClFNO2. The molecule has 0 atom stereocenters. The Kier molecular flexibility index (Phi) is 3.96. The van der Waals surface area contributed by atoms with Crippen LogP contribution in [-0.2, 0) is 10.3 Å². The minimum Gasteiger partial charge on any atom is -0.438 e. The molecule has 0 bridgehead atoms. The van der Waals surface area contributed by atoms with E-state index in [4.69, 9.17) is 16.3 Å². The van der Waals surface area contributed by atoms with Crippen molar-refractivity contribution in [1.29, 1.82) is 0 Å². The Morgan fingerprint density at radius 1 is 1.35 bits per heavy atom. The molecule has 2 rings (SSSR count). The zero-order valence-corrected chi connectivity index (χ0v) is 12.6. The van der Waals surface area contributed by atoms with Crippen molar-refractivity contribution < 1.29 is 13.9 Å². The molecule has 5 heteroatoms. The predicted molar refractivity (Wildman–Crippen MR) is 76.6 cm³/mol. The lowest BCUT2D eigenvalue weighted by Crippen LogP contribution is -2.50. The van der Waals surface area contributed by atoms with Crippen LogP contribution in [-0.4, -0.2) is 17.8 Å². The van der Waals surface area contributed by atoms with Crippen LogP contribution in [0.3, 0.4) is 0 Å². The Morgan fingerprint density at radius 2 is 1.90 bits per heavy atom. The second kappa shape index (κ2) is 5.24. The second-order valence-corrected chi connectivity index (χ2v) is 6.71. The largest absolute Gasteiger partial charge is 0.438 e. The predicted octanol–water partition coefficient (Wildman–Crippen LogP) is 4.19. The molecule has 110 valence electrons. The Morgan fingerprint density at radius 3 is 2.35 bits per heavy atom. The number of rotatable bonds is 2. The summed E-state index contributed by atoms with van der Waals surface area (Å²) in [6.45, 7) is 5.59. The van der Waals surface area contributed by atoms with Crippen molar-refractivity contribution in [1.82, 2.24) is 5.32 Å². The van der Waals surface area contributed by atoms with Gasteiger partial charge in [-0.2, -0.15) is 0 Å². The fourth-order valence-electron chi connectivity index (χ4n) is 2.30. The molecule has 0 aromatic heterocycles. The maximum atomic E-state index is 13.3. The Hall–Kier alpha value is -1.29. The number of ether oxygens (including phenoxy) is 1. The summed E-state index contributed by atoms with van der Waals surface area (Å²) >= 11 is 5.85. The number of carbonyl (C=O) groups excluding carboxylic acids is 1. The number of nitrogens with one attached hydrogen (secondary N) is 1. The van der Waals surface area contributed by atoms with Crippen LogP contribution in [0.2, 0.25) is 5.02 Å². The highest BCUT2D eigenvalue weighted by Gasteiger charge is 2.49. The zero-order chi connectivity index (χ0) is 15.0. The summed E-state index contributed by atoms with van der Waals surface area (Å²) in [5.74, 6) is 0. The maximum absolute atomic E-state index is 13.3. The van der Waals surface area contributed by atoms with Gasteiger partial charge >= 0.3 is 6.09 Å². The highest BCUT2D eigenvalue weighted by Crippen LogP contribution is 2.46. The Labute approximate surface area is 123 Å². The van der Waals surface area contributed by atoms with Crippen LogP contribution in [0.15, 0.2) is 24.3 Å². The molecule has 0 aliphatic heterocycles. The Bertz CT molecular complexity index is 490. The average Bonchev–Trinajstić information content (AvgIpc) is 2.24. The molecule has 0 radical (unpaired) electrons. The van der Waals surface area contributed by atoms with E-state index in [9.17, 15) is 9.18 Å². The van der Waals surface area contributed by atoms with Crippen LogP contribution in [0.5, 0.6) is 0 Å². The highest BCUT2D eigenvalue weighted by molar-refractivity contribution is 6.30. The third-order valence-corrected chi connectivity index (χ3v) is 3.49. The van der Waals surface area contributed by atoms with E-state index in [1.807, 2.05) is 20.8 Å². The van der Waals surface area contributed by atoms with Gasteiger partial charge in [-0.25, -0.2) is 9.18 Å². The average molecular weight is 300 g/mol. The van der Waals surface area contributed by atoms with Crippen molar-refractivity contribution in [3.05, 3.63) is 34.9 Å². The minimum atomic E-state index is -0.937. The summed E-state index contributed by atoms with van der Waals surface area (Å²) in [6, 6.07) is 6.99. The van der Waals surface area contributed by atoms with E-state index in [0.29, 0.717) is 5.02 Å². The van der Waals surface area contributed by atoms with Gasteiger partial charge in [-0.15, -0.1) is 0 Å². The summed E-state index contributed by atoms with van der Waals surface area (Å²) < 4.78 is 18.8. The fourth-order valence-corrected chi connectivity index (χ4v) is 2.42. The van der Waals surface area contributed by atoms with Crippen LogP contribution in [0, 0.1) is 0 Å². The van der Waals surface area contributed by atoms with Gasteiger partial charge in [0.1, 0.15) is 11.8 Å². The molecule has 1 saturated carbocycles. The van der Waals surface area contributed by atoms with Gasteiger partial charge in [0, 0.05) is 23.4 Å². The quantitative estimate of drug-likeness (QED) is 0.889. The van der Waals surface area contributed by atoms with Crippen LogP contribution in [0.1, 0.15) is 39.2 Å². The molecule has 0 unspecified atom stereocenters. The van der Waals surface area contributed by atoms with E-state index < -0.39 is 23.4 Å². The standard InChI is InChI=1S/C15H19ClFNO2/c1-14(2,3)18-13(19)20-15(8-12(17)9-15)10-4-6-11(16)7-5-10/h4-7,12H,8-9H2,1-3H3,(H,18,19). The second-order valence-electron chi connectivity index (χ2n) is 6.27. The number of hydrogen-bond acceptors (Lipinski definition) is 2. The number of alkyl halides is 1. The molecular weight excluding hydrogens is 281 g/mol. The molecule has 0 heterocycles. The number of carbonyl (C=O) groups is 1. The number of amides is 1. The molecule has 1 aliphatic rings. The molecule has 0 saturated heterocycles. The van der Waals surface area contributed by atoms with Gasteiger partial charge in [-0.05, 0) is 38.5 Å². The number of halogens is 2. The van der Waals surface area contributed by atoms with Gasteiger partial charge in [-0.3, -0.25) is 0 Å². The number of alkyl carbamates (subject to hydrolysis) is 1. The van der Waals surface area contributed by atoms with Gasteiger partial charge < -0.3 is 10.1 Å². The summed E-state index contributed by atoms with van der Waals surface area (Å²) in [5, 5.41) is 3.33. The maximum Gasteiger partial charge on any atom is 0.408 e. The minimum absolute atomic E-state index is 0.187. The third kappa shape index (κ3) is 3.42. The number of hydrogen-bond donors (Lipinski definition) is 1. The number of benzene rings is 1. The van der Waals surface area contributed by atoms with E-state index >= 15 is 0 Å². The van der Waals surface area contributed by atoms with Crippen LogP contribution < -0.4 is 5.32 Å². The lowest BCUT2D eigenvalue weighted by atomic mass is 9.73. The van der Waals surface area contributed by atoms with E-state index in [1.54, 1.807) is 24.3 Å². The van der Waals surface area contributed by atoms with Crippen LogP contribution in [0.25, 0.3) is 0 Å². The van der Waals surface area contributed by atoms with Crippen molar-refractivity contribution in [2.45, 2.75) is 50.9 Å². The first-order valence-corrected chi connectivity index (χ1v) is 6.99. The van der Waals surface area contributed by atoms with Crippen molar-refractivity contribution in [3.8, 4) is 0 Å². The van der Waals surface area contributed by atoms with Gasteiger partial charge in [0.15, 0.2) is 0 Å². The molecule has 1 aromatic rings. The fraction of sp³-hybridized carbons (Fsp3) is 0.533. The monoisotopic (exact) mass is 299 g/mol. The molecule has 20 heavy (non-hydrogen) atoms. The van der Waals surface area contributed by atoms with Gasteiger partial charge in [-0.1, -0.05) is 23.7 Å². The van der Waals surface area contributed by atoms with E-state index in [-0.39, 0.29) is 12.8 Å². The third-order valence-electron chi connectivity index (χ3n) is 3.24. The summed E-state index contributed by atoms with van der Waals surface area (Å²) in [5.41, 5.74) is -0.490. The van der Waals surface area contributed by atoms with Gasteiger partial charge in [0.05, 0.1) is 0 Å². The van der Waals surface area contributed by atoms with Crippen molar-refractivity contribution >= 4 is 17.7 Å². The normalized spacial score (nSPS) is 25.8. The summed E-state index contributed by atoms with van der Waals surface area (Å²) in [4.78, 5) is 11.9. The Balaban J connectivity index is 2.14. The summed E-state index contributed by atoms with van der Waals surface area (Å²) in [6.07, 6.45) is -1.09. The first kappa shape index (κ1) is 15.1. The van der Waals surface area contributed by atoms with Gasteiger partial charge in [0.2, 0.25) is 0 Å². The first-order chi connectivity index (χ1) is 9.20. The van der Waals surface area contributed by atoms with Crippen molar-refractivity contribution in [2.75, 3.05) is 0 Å². The molecule has 0 spiro atoms. The lowest BCUT2D eigenvalue weighted by molar-refractivity contribution is -0.0972. The molecule has 3 nitrogen and oxygen atoms in total. The lowest BCUT2D eigenvalue weighted by Gasteiger charge is -2.44. The molecule has 1 N–H and O–H groups in total. The van der Waals surface area contributed by atoms with E-state index in [1.165, 1.54) is 0 Å². The van der Waals surface area contributed by atoms with Crippen LogP contribution in [0.4, 0.5) is 9.18 Å². The highest BCUT2D eigenvalue weighted by atomic mass is 35.5. The molecule has 1 fully saturated rings. The van der Waals surface area contributed by atoms with E-state index in [0.717, 1.165) is 5.56 Å².